The number of aromatic nitrogens is 1. The van der Waals surface area contributed by atoms with Crippen LogP contribution in [-0.4, -0.2) is 42.0 Å². The predicted octanol–water partition coefficient (Wildman–Crippen LogP) is 0.887. The SMILES string of the molecule is O=C(O)c1cc(S(=O)(=O)NCC2CCCS2)c[nH]1. The summed E-state index contributed by atoms with van der Waals surface area (Å²) in [7, 11) is -3.62. The van der Waals surface area contributed by atoms with E-state index < -0.39 is 16.0 Å². The molecule has 0 saturated carbocycles. The van der Waals surface area contributed by atoms with Crippen LogP contribution in [0.1, 0.15) is 23.3 Å². The van der Waals surface area contributed by atoms with Gasteiger partial charge in [0.15, 0.2) is 0 Å². The van der Waals surface area contributed by atoms with Gasteiger partial charge in [-0.2, -0.15) is 11.8 Å². The highest BCUT2D eigenvalue weighted by molar-refractivity contribution is 8.00. The normalized spacial score (nSPS) is 20.1. The van der Waals surface area contributed by atoms with Crippen molar-refractivity contribution >= 4 is 27.8 Å². The third-order valence-corrected chi connectivity index (χ3v) is 5.52. The zero-order valence-corrected chi connectivity index (χ0v) is 11.2. The van der Waals surface area contributed by atoms with Gasteiger partial charge in [-0.1, -0.05) is 0 Å². The van der Waals surface area contributed by atoms with E-state index in [4.69, 9.17) is 5.11 Å². The summed E-state index contributed by atoms with van der Waals surface area (Å²) in [5, 5.41) is 9.03. The first-order chi connectivity index (χ1) is 8.49. The smallest absolute Gasteiger partial charge is 0.352 e. The summed E-state index contributed by atoms with van der Waals surface area (Å²) >= 11 is 1.76. The van der Waals surface area contributed by atoms with E-state index in [-0.39, 0.29) is 10.6 Å². The van der Waals surface area contributed by atoms with Gasteiger partial charge in [0, 0.05) is 18.0 Å². The maximum Gasteiger partial charge on any atom is 0.352 e. The fourth-order valence-corrected chi connectivity index (χ4v) is 4.13. The number of H-pyrrole nitrogens is 1. The number of hydrogen-bond acceptors (Lipinski definition) is 4. The summed E-state index contributed by atoms with van der Waals surface area (Å²) in [6, 6.07) is 1.12. The molecule has 1 aliphatic heterocycles. The van der Waals surface area contributed by atoms with Crippen molar-refractivity contribution in [3.05, 3.63) is 18.0 Å². The molecule has 18 heavy (non-hydrogen) atoms. The fraction of sp³-hybridized carbons (Fsp3) is 0.500. The van der Waals surface area contributed by atoms with Gasteiger partial charge in [0.25, 0.3) is 0 Å². The van der Waals surface area contributed by atoms with Gasteiger partial charge in [-0.05, 0) is 24.7 Å². The lowest BCUT2D eigenvalue weighted by Gasteiger charge is -2.09. The summed E-state index contributed by atoms with van der Waals surface area (Å²) in [4.78, 5) is 13.0. The van der Waals surface area contributed by atoms with Crippen molar-refractivity contribution < 1.29 is 18.3 Å². The number of rotatable bonds is 5. The van der Waals surface area contributed by atoms with E-state index in [1.807, 2.05) is 0 Å². The minimum atomic E-state index is -3.62. The summed E-state index contributed by atoms with van der Waals surface area (Å²) < 4.78 is 26.3. The molecule has 0 spiro atoms. The van der Waals surface area contributed by atoms with E-state index in [1.54, 1.807) is 11.8 Å². The third-order valence-electron chi connectivity index (χ3n) is 2.72. The van der Waals surface area contributed by atoms with Gasteiger partial charge in [0.05, 0.1) is 0 Å². The van der Waals surface area contributed by atoms with Crippen LogP contribution in [0.3, 0.4) is 0 Å². The molecule has 1 saturated heterocycles. The van der Waals surface area contributed by atoms with E-state index in [2.05, 4.69) is 9.71 Å². The number of carboxylic acids is 1. The molecule has 0 amide bonds. The summed E-state index contributed by atoms with van der Waals surface area (Å²) in [6.45, 7) is 0.389. The standard InChI is InChI=1S/C10H14N2O4S2/c13-10(14)9-4-8(6-11-9)18(15,16)12-5-7-2-1-3-17-7/h4,6-7,11-12H,1-3,5H2,(H,13,14). The average molecular weight is 290 g/mol. The Labute approximate surface area is 109 Å². The minimum Gasteiger partial charge on any atom is -0.477 e. The summed E-state index contributed by atoms with van der Waals surface area (Å²) in [6.07, 6.45) is 3.32. The van der Waals surface area contributed by atoms with Crippen LogP contribution < -0.4 is 4.72 Å². The zero-order chi connectivity index (χ0) is 13.2. The highest BCUT2D eigenvalue weighted by Gasteiger charge is 2.21. The molecule has 1 aromatic heterocycles. The Morgan fingerprint density at radius 1 is 1.61 bits per heavy atom. The average Bonchev–Trinajstić information content (AvgIpc) is 2.98. The van der Waals surface area contributed by atoms with Crippen molar-refractivity contribution in [1.29, 1.82) is 0 Å². The molecule has 100 valence electrons. The predicted molar refractivity (Wildman–Crippen MR) is 68.4 cm³/mol. The van der Waals surface area contributed by atoms with Gasteiger partial charge >= 0.3 is 5.97 Å². The zero-order valence-electron chi connectivity index (χ0n) is 9.55. The van der Waals surface area contributed by atoms with Gasteiger partial charge in [-0.3, -0.25) is 0 Å². The summed E-state index contributed by atoms with van der Waals surface area (Å²) in [5.41, 5.74) is -0.134. The van der Waals surface area contributed by atoms with Crippen molar-refractivity contribution in [2.24, 2.45) is 0 Å². The largest absolute Gasteiger partial charge is 0.477 e. The molecule has 0 aliphatic carbocycles. The third kappa shape index (κ3) is 3.06. The van der Waals surface area contributed by atoms with E-state index in [1.165, 1.54) is 6.20 Å². The monoisotopic (exact) mass is 290 g/mol. The molecule has 1 aliphatic rings. The first kappa shape index (κ1) is 13.4. The topological polar surface area (TPSA) is 99.3 Å². The molecule has 0 bridgehead atoms. The van der Waals surface area contributed by atoms with E-state index in [0.29, 0.717) is 11.8 Å². The maximum absolute atomic E-state index is 11.9. The minimum absolute atomic E-state index is 0.0390. The molecule has 1 fully saturated rings. The van der Waals surface area contributed by atoms with Crippen LogP contribution in [-0.2, 0) is 10.0 Å². The van der Waals surface area contributed by atoms with Gasteiger partial charge in [-0.15, -0.1) is 0 Å². The van der Waals surface area contributed by atoms with Crippen molar-refractivity contribution in [1.82, 2.24) is 9.71 Å². The van der Waals surface area contributed by atoms with Crippen LogP contribution in [0, 0.1) is 0 Å². The maximum atomic E-state index is 11.9. The van der Waals surface area contributed by atoms with Crippen LogP contribution >= 0.6 is 11.8 Å². The number of hydrogen-bond donors (Lipinski definition) is 3. The lowest BCUT2D eigenvalue weighted by atomic mass is 10.2. The van der Waals surface area contributed by atoms with Crippen LogP contribution in [0.15, 0.2) is 17.2 Å². The van der Waals surface area contributed by atoms with Crippen LogP contribution in [0.25, 0.3) is 0 Å². The van der Waals surface area contributed by atoms with E-state index in [0.717, 1.165) is 24.7 Å². The van der Waals surface area contributed by atoms with Crippen molar-refractivity contribution in [3.63, 3.8) is 0 Å². The van der Waals surface area contributed by atoms with Crippen molar-refractivity contribution in [2.75, 3.05) is 12.3 Å². The van der Waals surface area contributed by atoms with Gasteiger partial charge in [0.1, 0.15) is 10.6 Å². The Kier molecular flexibility index (Phi) is 3.98. The Morgan fingerprint density at radius 2 is 2.39 bits per heavy atom. The molecule has 0 aromatic carbocycles. The molecule has 3 N–H and O–H groups in total. The molecular weight excluding hydrogens is 276 g/mol. The number of sulfonamides is 1. The first-order valence-corrected chi connectivity index (χ1v) is 8.05. The number of thioether (sulfide) groups is 1. The Hall–Kier alpha value is -0.990. The second kappa shape index (κ2) is 5.33. The molecule has 0 radical (unpaired) electrons. The number of carboxylic acid groups (broad SMARTS) is 1. The van der Waals surface area contributed by atoms with Gasteiger partial charge in [0.2, 0.25) is 10.0 Å². The number of aromatic carboxylic acids is 1. The highest BCUT2D eigenvalue weighted by atomic mass is 32.2. The Bertz CT molecular complexity index is 532. The molecule has 6 nitrogen and oxygen atoms in total. The first-order valence-electron chi connectivity index (χ1n) is 5.52. The quantitative estimate of drug-likeness (QED) is 0.748. The Balaban J connectivity index is 2.02. The number of carbonyl (C=O) groups is 1. The molecule has 2 rings (SSSR count). The Morgan fingerprint density at radius 3 is 2.94 bits per heavy atom. The molecule has 1 aromatic rings. The van der Waals surface area contributed by atoms with Crippen LogP contribution in [0.4, 0.5) is 0 Å². The molecule has 1 unspecified atom stereocenters. The summed E-state index contributed by atoms with van der Waals surface area (Å²) in [5.74, 6) is -0.109. The van der Waals surface area contributed by atoms with Crippen molar-refractivity contribution in [2.45, 2.75) is 23.0 Å². The number of aromatic amines is 1. The molecule has 1 atom stereocenters. The number of nitrogens with one attached hydrogen (secondary N) is 2. The highest BCUT2D eigenvalue weighted by Crippen LogP contribution is 2.25. The lowest BCUT2D eigenvalue weighted by molar-refractivity contribution is 0.0691. The van der Waals surface area contributed by atoms with Gasteiger partial charge in [-0.25, -0.2) is 17.9 Å². The van der Waals surface area contributed by atoms with Gasteiger partial charge < -0.3 is 10.1 Å². The second-order valence-corrected chi connectivity index (χ2v) is 7.22. The van der Waals surface area contributed by atoms with Crippen LogP contribution in [0.2, 0.25) is 0 Å². The van der Waals surface area contributed by atoms with E-state index in [9.17, 15) is 13.2 Å². The molecule has 2 heterocycles. The lowest BCUT2D eigenvalue weighted by Crippen LogP contribution is -2.29. The molecule has 8 heteroatoms. The van der Waals surface area contributed by atoms with Crippen LogP contribution in [0.5, 0.6) is 0 Å². The molecular formula is C10H14N2O4S2. The van der Waals surface area contributed by atoms with E-state index >= 15 is 0 Å². The van der Waals surface area contributed by atoms with Crippen molar-refractivity contribution in [3.8, 4) is 0 Å². The second-order valence-electron chi connectivity index (χ2n) is 4.04. The fourth-order valence-electron chi connectivity index (χ4n) is 1.74.